The number of rotatable bonds is 5. The number of hydrogen-bond donors (Lipinski definition) is 2. The molecule has 1 atom stereocenters. The fourth-order valence-corrected chi connectivity index (χ4v) is 0.744. The monoisotopic (exact) mass is 184 g/mol. The zero-order valence-corrected chi connectivity index (χ0v) is 8.29. The molecule has 74 valence electrons. The molecule has 0 unspecified atom stereocenters. The number of nitrogens with one attached hydrogen (secondary N) is 1. The van der Waals surface area contributed by atoms with Crippen LogP contribution in [0.3, 0.4) is 0 Å². The van der Waals surface area contributed by atoms with Crippen LogP contribution in [0.25, 0.3) is 0 Å². The Morgan fingerprint density at radius 1 is 1.69 bits per heavy atom. The summed E-state index contributed by atoms with van der Waals surface area (Å²) in [7, 11) is 0. The third kappa shape index (κ3) is 5.21. The highest BCUT2D eigenvalue weighted by atomic mass is 16.4. The molecule has 0 saturated heterocycles. The lowest BCUT2D eigenvalue weighted by molar-refractivity contribution is -0.139. The van der Waals surface area contributed by atoms with Crippen molar-refractivity contribution in [3.05, 3.63) is 0 Å². The molecule has 13 heavy (non-hydrogen) atoms. The van der Waals surface area contributed by atoms with Gasteiger partial charge in [-0.1, -0.05) is 0 Å². The Morgan fingerprint density at radius 3 is 2.62 bits per heavy atom. The number of carboxylic acids is 1. The SMILES string of the molecule is C[C@H](NCCC(C)(C)C#N)C(=O)O. The molecule has 0 heterocycles. The van der Waals surface area contributed by atoms with Crippen LogP contribution in [0.5, 0.6) is 0 Å². The van der Waals surface area contributed by atoms with E-state index in [1.807, 2.05) is 13.8 Å². The van der Waals surface area contributed by atoms with Crippen molar-refractivity contribution in [1.82, 2.24) is 5.32 Å². The first-order valence-corrected chi connectivity index (χ1v) is 4.26. The quantitative estimate of drug-likeness (QED) is 0.668. The minimum absolute atomic E-state index is 0.384. The van der Waals surface area contributed by atoms with Gasteiger partial charge in [-0.05, 0) is 33.7 Å². The van der Waals surface area contributed by atoms with E-state index in [0.717, 1.165) is 0 Å². The second kappa shape index (κ2) is 4.83. The van der Waals surface area contributed by atoms with Crippen LogP contribution in [-0.2, 0) is 4.79 Å². The number of aliphatic carboxylic acids is 1. The Hall–Kier alpha value is -1.08. The number of hydrogen-bond acceptors (Lipinski definition) is 3. The third-order valence-electron chi connectivity index (χ3n) is 1.87. The molecule has 0 spiro atoms. The molecule has 0 aliphatic carbocycles. The van der Waals surface area contributed by atoms with Gasteiger partial charge >= 0.3 is 5.97 Å². The third-order valence-corrected chi connectivity index (χ3v) is 1.87. The molecule has 0 aliphatic heterocycles. The first-order chi connectivity index (χ1) is 5.89. The Kier molecular flexibility index (Phi) is 4.43. The molecule has 0 fully saturated rings. The molecule has 0 radical (unpaired) electrons. The van der Waals surface area contributed by atoms with Gasteiger partial charge in [-0.15, -0.1) is 0 Å². The first kappa shape index (κ1) is 11.9. The molecule has 0 rings (SSSR count). The summed E-state index contributed by atoms with van der Waals surface area (Å²) in [6.45, 7) is 5.80. The van der Waals surface area contributed by atoms with Crippen LogP contribution in [0.15, 0.2) is 0 Å². The van der Waals surface area contributed by atoms with Crippen LogP contribution in [0.2, 0.25) is 0 Å². The predicted octanol–water partition coefficient (Wildman–Crippen LogP) is 0.989. The molecule has 0 aromatic rings. The maximum Gasteiger partial charge on any atom is 0.320 e. The summed E-state index contributed by atoms with van der Waals surface area (Å²) in [6, 6.07) is 1.61. The van der Waals surface area contributed by atoms with Gasteiger partial charge in [-0.2, -0.15) is 5.26 Å². The van der Waals surface area contributed by atoms with E-state index in [2.05, 4.69) is 11.4 Å². The average molecular weight is 184 g/mol. The van der Waals surface area contributed by atoms with Gasteiger partial charge in [0, 0.05) is 0 Å². The van der Waals surface area contributed by atoms with Crippen molar-refractivity contribution in [2.45, 2.75) is 33.2 Å². The topological polar surface area (TPSA) is 73.1 Å². The molecule has 0 saturated carbocycles. The number of nitriles is 1. The maximum absolute atomic E-state index is 10.4. The Balaban J connectivity index is 3.70. The lowest BCUT2D eigenvalue weighted by atomic mass is 9.91. The molecule has 4 nitrogen and oxygen atoms in total. The lowest BCUT2D eigenvalue weighted by Gasteiger charge is -2.16. The van der Waals surface area contributed by atoms with Crippen molar-refractivity contribution in [3.8, 4) is 6.07 Å². The second-order valence-electron chi connectivity index (χ2n) is 3.76. The highest BCUT2D eigenvalue weighted by Gasteiger charge is 2.17. The Labute approximate surface area is 78.6 Å². The fraction of sp³-hybridized carbons (Fsp3) is 0.778. The normalized spacial score (nSPS) is 13.4. The van der Waals surface area contributed by atoms with Crippen LogP contribution >= 0.6 is 0 Å². The lowest BCUT2D eigenvalue weighted by Crippen LogP contribution is -2.35. The van der Waals surface area contributed by atoms with E-state index in [9.17, 15) is 4.79 Å². The van der Waals surface area contributed by atoms with Gasteiger partial charge in [0.1, 0.15) is 6.04 Å². The van der Waals surface area contributed by atoms with Gasteiger partial charge < -0.3 is 10.4 Å². The van der Waals surface area contributed by atoms with Gasteiger partial charge in [0.25, 0.3) is 0 Å². The summed E-state index contributed by atoms with van der Waals surface area (Å²) in [5, 5.41) is 20.0. The molecule has 2 N–H and O–H groups in total. The average Bonchev–Trinajstić information content (AvgIpc) is 2.04. The van der Waals surface area contributed by atoms with E-state index < -0.39 is 12.0 Å². The van der Waals surface area contributed by atoms with E-state index >= 15 is 0 Å². The number of nitrogens with zero attached hydrogens (tertiary/aromatic N) is 1. The van der Waals surface area contributed by atoms with Crippen molar-refractivity contribution in [2.75, 3.05) is 6.54 Å². The van der Waals surface area contributed by atoms with E-state index in [0.29, 0.717) is 13.0 Å². The van der Waals surface area contributed by atoms with Crippen molar-refractivity contribution in [2.24, 2.45) is 5.41 Å². The summed E-state index contributed by atoms with van der Waals surface area (Å²) in [6.07, 6.45) is 0.654. The van der Waals surface area contributed by atoms with Crippen LogP contribution in [0.1, 0.15) is 27.2 Å². The standard InChI is InChI=1S/C9H16N2O2/c1-7(8(12)13)11-5-4-9(2,3)6-10/h7,11H,4-5H2,1-3H3,(H,12,13)/t7-/m0/s1. The molecule has 0 aliphatic rings. The molecule has 0 bridgehead atoms. The highest BCUT2D eigenvalue weighted by Crippen LogP contribution is 2.17. The first-order valence-electron chi connectivity index (χ1n) is 4.26. The van der Waals surface area contributed by atoms with Crippen molar-refractivity contribution < 1.29 is 9.90 Å². The molecule has 0 amide bonds. The van der Waals surface area contributed by atoms with Gasteiger partial charge in [0.15, 0.2) is 0 Å². The summed E-state index contributed by atoms with van der Waals surface area (Å²) in [5.41, 5.74) is -0.384. The minimum Gasteiger partial charge on any atom is -0.480 e. The highest BCUT2D eigenvalue weighted by molar-refractivity contribution is 5.72. The summed E-state index contributed by atoms with van der Waals surface area (Å²) in [5.74, 6) is -0.866. The Bertz CT molecular complexity index is 218. The summed E-state index contributed by atoms with van der Waals surface area (Å²) in [4.78, 5) is 10.4. The predicted molar refractivity (Wildman–Crippen MR) is 49.1 cm³/mol. The van der Waals surface area contributed by atoms with Gasteiger partial charge in [0.05, 0.1) is 11.5 Å². The van der Waals surface area contributed by atoms with Crippen molar-refractivity contribution >= 4 is 5.97 Å². The largest absolute Gasteiger partial charge is 0.480 e. The molecular weight excluding hydrogens is 168 g/mol. The van der Waals surface area contributed by atoms with Crippen LogP contribution < -0.4 is 5.32 Å². The van der Waals surface area contributed by atoms with Crippen LogP contribution in [-0.4, -0.2) is 23.7 Å². The zero-order valence-electron chi connectivity index (χ0n) is 8.29. The smallest absolute Gasteiger partial charge is 0.320 e. The maximum atomic E-state index is 10.4. The van der Waals surface area contributed by atoms with Crippen molar-refractivity contribution in [1.29, 1.82) is 5.26 Å². The molecular formula is C9H16N2O2. The molecule has 0 aromatic carbocycles. The zero-order chi connectivity index (χ0) is 10.5. The van der Waals surface area contributed by atoms with Gasteiger partial charge in [-0.25, -0.2) is 0 Å². The number of carboxylic acid groups (broad SMARTS) is 1. The minimum atomic E-state index is -0.866. The van der Waals surface area contributed by atoms with Crippen LogP contribution in [0, 0.1) is 16.7 Å². The van der Waals surface area contributed by atoms with E-state index in [4.69, 9.17) is 10.4 Å². The van der Waals surface area contributed by atoms with E-state index in [-0.39, 0.29) is 5.41 Å². The fourth-order valence-electron chi connectivity index (χ4n) is 0.744. The number of carbonyl (C=O) groups is 1. The van der Waals surface area contributed by atoms with Crippen molar-refractivity contribution in [3.63, 3.8) is 0 Å². The van der Waals surface area contributed by atoms with Gasteiger partial charge in [0.2, 0.25) is 0 Å². The Morgan fingerprint density at radius 2 is 2.23 bits per heavy atom. The second-order valence-corrected chi connectivity index (χ2v) is 3.76. The van der Waals surface area contributed by atoms with Gasteiger partial charge in [-0.3, -0.25) is 4.79 Å². The summed E-state index contributed by atoms with van der Waals surface area (Å²) < 4.78 is 0. The summed E-state index contributed by atoms with van der Waals surface area (Å²) >= 11 is 0. The van der Waals surface area contributed by atoms with Crippen LogP contribution in [0.4, 0.5) is 0 Å². The molecule has 4 heteroatoms. The molecule has 0 aromatic heterocycles. The van der Waals surface area contributed by atoms with E-state index in [1.54, 1.807) is 6.92 Å². The van der Waals surface area contributed by atoms with E-state index in [1.165, 1.54) is 0 Å².